The topological polar surface area (TPSA) is 69.2 Å². The highest BCUT2D eigenvalue weighted by molar-refractivity contribution is 5.95. The number of H-pyrrole nitrogens is 1. The number of nitrogens with one attached hydrogen (secondary N) is 1. The maximum Gasteiger partial charge on any atom is 0.272 e. The summed E-state index contributed by atoms with van der Waals surface area (Å²) in [5.41, 5.74) is 3.21. The third-order valence-corrected chi connectivity index (χ3v) is 6.03. The predicted octanol–water partition coefficient (Wildman–Crippen LogP) is 3.15. The Balaban J connectivity index is 1.58. The van der Waals surface area contributed by atoms with E-state index < -0.39 is 0 Å². The van der Waals surface area contributed by atoms with Crippen LogP contribution in [0.2, 0.25) is 0 Å². The SMILES string of the molecule is Cc1c(-c2ccccc2)n[nH]c1C(=O)N1CCC[C@@]2(CCC[C@H]2O)C1. The zero-order chi connectivity index (χ0) is 17.4. The molecule has 2 heterocycles. The zero-order valence-corrected chi connectivity index (χ0v) is 14.7. The van der Waals surface area contributed by atoms with Crippen LogP contribution >= 0.6 is 0 Å². The second kappa shape index (κ2) is 6.30. The molecule has 1 aliphatic heterocycles. The van der Waals surface area contributed by atoms with E-state index in [1.54, 1.807) is 0 Å². The lowest BCUT2D eigenvalue weighted by Crippen LogP contribution is -2.49. The normalized spacial score (nSPS) is 26.3. The van der Waals surface area contributed by atoms with E-state index in [1.807, 2.05) is 42.2 Å². The number of carbonyl (C=O) groups is 1. The van der Waals surface area contributed by atoms with E-state index in [2.05, 4.69) is 10.2 Å². The highest BCUT2D eigenvalue weighted by Crippen LogP contribution is 2.45. The molecule has 2 aliphatic rings. The summed E-state index contributed by atoms with van der Waals surface area (Å²) in [5.74, 6) is 0.00496. The van der Waals surface area contributed by atoms with Gasteiger partial charge in [0, 0.05) is 29.6 Å². The van der Waals surface area contributed by atoms with Crippen LogP contribution in [0.15, 0.2) is 30.3 Å². The van der Waals surface area contributed by atoms with E-state index in [1.165, 1.54) is 0 Å². The van der Waals surface area contributed by atoms with Crippen molar-refractivity contribution in [2.24, 2.45) is 5.41 Å². The number of aliphatic hydroxyl groups excluding tert-OH is 1. The Hall–Kier alpha value is -2.14. The Morgan fingerprint density at radius 3 is 2.76 bits per heavy atom. The number of amides is 1. The summed E-state index contributed by atoms with van der Waals surface area (Å²) >= 11 is 0. The molecule has 0 bridgehead atoms. The van der Waals surface area contributed by atoms with E-state index in [0.717, 1.165) is 55.5 Å². The Morgan fingerprint density at radius 2 is 2.04 bits per heavy atom. The molecule has 0 unspecified atom stereocenters. The first-order valence-corrected chi connectivity index (χ1v) is 9.18. The van der Waals surface area contributed by atoms with Gasteiger partial charge in [0.15, 0.2) is 0 Å². The number of nitrogens with zero attached hydrogens (tertiary/aromatic N) is 2. The number of piperidine rings is 1. The fraction of sp³-hybridized carbons (Fsp3) is 0.500. The lowest BCUT2D eigenvalue weighted by atomic mass is 9.76. The first kappa shape index (κ1) is 16.3. The Labute approximate surface area is 148 Å². The molecule has 1 aliphatic carbocycles. The minimum absolute atomic E-state index is 0.00496. The smallest absolute Gasteiger partial charge is 0.272 e. The number of hydrogen-bond acceptors (Lipinski definition) is 3. The van der Waals surface area contributed by atoms with Crippen LogP contribution < -0.4 is 0 Å². The van der Waals surface area contributed by atoms with Crippen LogP contribution in [-0.4, -0.2) is 45.3 Å². The molecule has 1 aromatic carbocycles. The number of hydrogen-bond donors (Lipinski definition) is 2. The molecule has 1 spiro atoms. The molecule has 1 saturated heterocycles. The van der Waals surface area contributed by atoms with Crippen molar-refractivity contribution < 1.29 is 9.90 Å². The molecular weight excluding hydrogens is 314 g/mol. The first-order chi connectivity index (χ1) is 12.1. The molecule has 4 rings (SSSR count). The van der Waals surface area contributed by atoms with Crippen LogP contribution in [0.3, 0.4) is 0 Å². The minimum Gasteiger partial charge on any atom is -0.392 e. The van der Waals surface area contributed by atoms with E-state index >= 15 is 0 Å². The second-order valence-electron chi connectivity index (χ2n) is 7.54. The summed E-state index contributed by atoms with van der Waals surface area (Å²) in [6.07, 6.45) is 4.66. The average molecular weight is 339 g/mol. The molecule has 2 N–H and O–H groups in total. The molecule has 2 atom stereocenters. The van der Waals surface area contributed by atoms with Crippen molar-refractivity contribution in [2.75, 3.05) is 13.1 Å². The zero-order valence-electron chi connectivity index (χ0n) is 14.7. The number of benzene rings is 1. The molecule has 5 heteroatoms. The lowest BCUT2D eigenvalue weighted by molar-refractivity contribution is -0.00557. The van der Waals surface area contributed by atoms with Gasteiger partial charge < -0.3 is 10.0 Å². The van der Waals surface area contributed by atoms with Gasteiger partial charge in [-0.2, -0.15) is 5.10 Å². The van der Waals surface area contributed by atoms with Crippen LogP contribution in [0.5, 0.6) is 0 Å². The molecule has 1 aromatic heterocycles. The van der Waals surface area contributed by atoms with Crippen LogP contribution in [0.4, 0.5) is 0 Å². The summed E-state index contributed by atoms with van der Waals surface area (Å²) in [6, 6.07) is 9.92. The van der Waals surface area contributed by atoms with E-state index in [9.17, 15) is 9.90 Å². The van der Waals surface area contributed by atoms with Gasteiger partial charge in [0.25, 0.3) is 5.91 Å². The first-order valence-electron chi connectivity index (χ1n) is 9.18. The monoisotopic (exact) mass is 339 g/mol. The molecular formula is C20H25N3O2. The number of aromatic nitrogens is 2. The summed E-state index contributed by atoms with van der Waals surface area (Å²) < 4.78 is 0. The minimum atomic E-state index is -0.272. The molecule has 1 amide bonds. The van der Waals surface area contributed by atoms with Gasteiger partial charge in [0.05, 0.1) is 11.8 Å². The fourth-order valence-electron chi connectivity index (χ4n) is 4.57. The second-order valence-corrected chi connectivity index (χ2v) is 7.54. The Morgan fingerprint density at radius 1 is 1.28 bits per heavy atom. The van der Waals surface area contributed by atoms with Crippen molar-refractivity contribution in [1.29, 1.82) is 0 Å². The van der Waals surface area contributed by atoms with Crippen LogP contribution in [0.25, 0.3) is 11.3 Å². The van der Waals surface area contributed by atoms with Gasteiger partial charge in [0.2, 0.25) is 0 Å². The van der Waals surface area contributed by atoms with E-state index in [4.69, 9.17) is 0 Å². The predicted molar refractivity (Wildman–Crippen MR) is 96.2 cm³/mol. The standard InChI is InChI=1S/C20H25N3O2/c1-14-17(15-7-3-2-4-8-15)21-22-18(14)19(25)23-12-6-11-20(13-23)10-5-9-16(20)24/h2-4,7-8,16,24H,5-6,9-13H2,1H3,(H,21,22)/t16-,20+/m1/s1. The van der Waals surface area contributed by atoms with E-state index in [0.29, 0.717) is 12.2 Å². The third kappa shape index (κ3) is 2.76. The molecule has 25 heavy (non-hydrogen) atoms. The van der Waals surface area contributed by atoms with Gasteiger partial charge in [-0.25, -0.2) is 0 Å². The van der Waals surface area contributed by atoms with Crippen molar-refractivity contribution in [3.05, 3.63) is 41.6 Å². The highest BCUT2D eigenvalue weighted by Gasteiger charge is 2.46. The van der Waals surface area contributed by atoms with Crippen molar-refractivity contribution in [3.8, 4) is 11.3 Å². The number of aliphatic hydroxyl groups is 1. The maximum atomic E-state index is 13.1. The Kier molecular flexibility index (Phi) is 4.12. The van der Waals surface area contributed by atoms with Gasteiger partial charge in [-0.05, 0) is 32.6 Å². The molecule has 132 valence electrons. The summed E-state index contributed by atoms with van der Waals surface area (Å²) in [5, 5.41) is 17.8. The molecule has 2 aromatic rings. The molecule has 0 radical (unpaired) electrons. The number of aromatic amines is 1. The summed E-state index contributed by atoms with van der Waals surface area (Å²) in [6.45, 7) is 3.36. The van der Waals surface area contributed by atoms with Crippen LogP contribution in [-0.2, 0) is 0 Å². The number of rotatable bonds is 2. The van der Waals surface area contributed by atoms with Crippen molar-refractivity contribution in [1.82, 2.24) is 15.1 Å². The van der Waals surface area contributed by atoms with Crippen LogP contribution in [0, 0.1) is 12.3 Å². The van der Waals surface area contributed by atoms with Gasteiger partial charge in [0.1, 0.15) is 5.69 Å². The number of carbonyl (C=O) groups excluding carboxylic acids is 1. The van der Waals surface area contributed by atoms with Crippen molar-refractivity contribution >= 4 is 5.91 Å². The van der Waals surface area contributed by atoms with Gasteiger partial charge in [-0.1, -0.05) is 36.8 Å². The largest absolute Gasteiger partial charge is 0.392 e. The van der Waals surface area contributed by atoms with Gasteiger partial charge >= 0.3 is 0 Å². The van der Waals surface area contributed by atoms with Gasteiger partial charge in [-0.3, -0.25) is 9.89 Å². The maximum absolute atomic E-state index is 13.1. The summed E-state index contributed by atoms with van der Waals surface area (Å²) in [4.78, 5) is 15.0. The van der Waals surface area contributed by atoms with Crippen molar-refractivity contribution in [3.63, 3.8) is 0 Å². The van der Waals surface area contributed by atoms with E-state index in [-0.39, 0.29) is 17.4 Å². The molecule has 1 saturated carbocycles. The van der Waals surface area contributed by atoms with Crippen molar-refractivity contribution in [2.45, 2.75) is 45.1 Å². The fourth-order valence-corrected chi connectivity index (χ4v) is 4.57. The molecule has 5 nitrogen and oxygen atoms in total. The number of likely N-dealkylation sites (tertiary alicyclic amines) is 1. The summed E-state index contributed by atoms with van der Waals surface area (Å²) in [7, 11) is 0. The van der Waals surface area contributed by atoms with Crippen LogP contribution in [0.1, 0.15) is 48.2 Å². The van der Waals surface area contributed by atoms with Gasteiger partial charge in [-0.15, -0.1) is 0 Å². The third-order valence-electron chi connectivity index (χ3n) is 6.03. The quantitative estimate of drug-likeness (QED) is 0.883. The Bertz CT molecular complexity index is 771. The average Bonchev–Trinajstić information content (AvgIpc) is 3.19. The lowest BCUT2D eigenvalue weighted by Gasteiger charge is -2.42. The highest BCUT2D eigenvalue weighted by atomic mass is 16.3. The molecule has 2 fully saturated rings.